The fourth-order valence-electron chi connectivity index (χ4n) is 3.88. The zero-order valence-corrected chi connectivity index (χ0v) is 10.6. The van der Waals surface area contributed by atoms with Crippen LogP contribution in [0, 0.1) is 17.3 Å². The van der Waals surface area contributed by atoms with E-state index in [1.807, 2.05) is 6.92 Å². The number of fused-ring (bicyclic) bond motifs is 1. The second kappa shape index (κ2) is 4.37. The molecule has 0 radical (unpaired) electrons. The summed E-state index contributed by atoms with van der Waals surface area (Å²) in [4.78, 5) is 0. The van der Waals surface area contributed by atoms with Gasteiger partial charge in [-0.25, -0.2) is 0 Å². The number of aliphatic hydroxyl groups excluding tert-OH is 1. The molecule has 0 bridgehead atoms. The Hall–Kier alpha value is -0.560. The second-order valence-electron chi connectivity index (χ2n) is 6.02. The van der Waals surface area contributed by atoms with E-state index in [2.05, 4.69) is 19.6 Å². The molecule has 90 valence electrons. The van der Waals surface area contributed by atoms with E-state index in [1.54, 1.807) is 0 Å². The van der Waals surface area contributed by atoms with Crippen molar-refractivity contribution in [1.82, 2.24) is 0 Å². The van der Waals surface area contributed by atoms with Gasteiger partial charge in [0.15, 0.2) is 0 Å². The predicted octanol–water partition coefficient (Wildman–Crippen LogP) is 3.70. The van der Waals surface area contributed by atoms with Crippen LogP contribution in [0.25, 0.3) is 0 Å². The van der Waals surface area contributed by atoms with Gasteiger partial charge in [0.25, 0.3) is 0 Å². The van der Waals surface area contributed by atoms with E-state index in [1.165, 1.54) is 37.7 Å². The number of hydrogen-bond acceptors (Lipinski definition) is 1. The van der Waals surface area contributed by atoms with Crippen molar-refractivity contribution in [3.8, 4) is 0 Å². The van der Waals surface area contributed by atoms with Crippen molar-refractivity contribution in [3.05, 3.63) is 23.8 Å². The predicted molar refractivity (Wildman–Crippen MR) is 68.2 cm³/mol. The van der Waals surface area contributed by atoms with Gasteiger partial charge in [0.2, 0.25) is 0 Å². The molecular weight excluding hydrogens is 196 g/mol. The zero-order chi connectivity index (χ0) is 11.8. The lowest BCUT2D eigenvalue weighted by Gasteiger charge is -2.39. The molecule has 0 aliphatic heterocycles. The number of hydrogen-bond donors (Lipinski definition) is 1. The summed E-state index contributed by atoms with van der Waals surface area (Å²) in [5.41, 5.74) is 3.07. The third-order valence-electron chi connectivity index (χ3n) is 4.66. The van der Waals surface area contributed by atoms with Gasteiger partial charge in [-0.1, -0.05) is 30.7 Å². The largest absolute Gasteiger partial charge is 0.392 e. The normalized spacial score (nSPS) is 39.9. The molecule has 2 fully saturated rings. The summed E-state index contributed by atoms with van der Waals surface area (Å²) in [5, 5.41) is 9.13. The Morgan fingerprint density at radius 3 is 3.00 bits per heavy atom. The molecule has 0 amide bonds. The highest BCUT2D eigenvalue weighted by Gasteiger charge is 2.46. The Labute approximate surface area is 99.3 Å². The summed E-state index contributed by atoms with van der Waals surface area (Å²) in [6, 6.07) is 0. The Kier molecular flexibility index (Phi) is 3.25. The highest BCUT2D eigenvalue weighted by atomic mass is 16.3. The van der Waals surface area contributed by atoms with Crippen LogP contribution in [-0.2, 0) is 0 Å². The minimum Gasteiger partial charge on any atom is -0.392 e. The van der Waals surface area contributed by atoms with Gasteiger partial charge < -0.3 is 5.11 Å². The van der Waals surface area contributed by atoms with Crippen molar-refractivity contribution in [2.45, 2.75) is 46.0 Å². The van der Waals surface area contributed by atoms with Crippen LogP contribution >= 0.6 is 0 Å². The van der Waals surface area contributed by atoms with E-state index >= 15 is 0 Å². The van der Waals surface area contributed by atoms with Crippen LogP contribution in [0.3, 0.4) is 0 Å². The van der Waals surface area contributed by atoms with Crippen LogP contribution < -0.4 is 0 Å². The van der Waals surface area contributed by atoms with E-state index < -0.39 is 0 Å². The quantitative estimate of drug-likeness (QED) is 0.704. The van der Waals surface area contributed by atoms with Gasteiger partial charge in [0, 0.05) is 0 Å². The van der Waals surface area contributed by atoms with Gasteiger partial charge in [-0.05, 0) is 56.3 Å². The molecule has 0 heterocycles. The topological polar surface area (TPSA) is 20.2 Å². The van der Waals surface area contributed by atoms with Gasteiger partial charge in [-0.15, -0.1) is 0 Å². The Morgan fingerprint density at radius 1 is 1.56 bits per heavy atom. The molecule has 2 aliphatic rings. The van der Waals surface area contributed by atoms with Crippen molar-refractivity contribution in [2.75, 3.05) is 6.61 Å². The maximum absolute atomic E-state index is 9.13. The van der Waals surface area contributed by atoms with E-state index in [9.17, 15) is 0 Å². The lowest BCUT2D eigenvalue weighted by molar-refractivity contribution is 0.187. The average Bonchev–Trinajstić information content (AvgIpc) is 2.57. The van der Waals surface area contributed by atoms with Crippen LogP contribution in [-0.4, -0.2) is 11.7 Å². The van der Waals surface area contributed by atoms with Gasteiger partial charge >= 0.3 is 0 Å². The molecule has 3 atom stereocenters. The second-order valence-corrected chi connectivity index (χ2v) is 6.02. The van der Waals surface area contributed by atoms with Crippen LogP contribution in [0.2, 0.25) is 0 Å². The van der Waals surface area contributed by atoms with Gasteiger partial charge in [0.1, 0.15) is 0 Å². The molecule has 2 rings (SSSR count). The van der Waals surface area contributed by atoms with Crippen LogP contribution in [0.1, 0.15) is 46.0 Å². The summed E-state index contributed by atoms with van der Waals surface area (Å²) in [7, 11) is 0. The Balaban J connectivity index is 2.21. The van der Waals surface area contributed by atoms with E-state index in [0.717, 1.165) is 5.57 Å². The van der Waals surface area contributed by atoms with Crippen LogP contribution in [0.4, 0.5) is 0 Å². The molecular formula is C15H24O. The van der Waals surface area contributed by atoms with Crippen molar-refractivity contribution in [1.29, 1.82) is 0 Å². The zero-order valence-electron chi connectivity index (χ0n) is 10.6. The maximum atomic E-state index is 9.13. The first-order chi connectivity index (χ1) is 7.57. The molecule has 1 N–H and O–H groups in total. The molecule has 0 aromatic rings. The summed E-state index contributed by atoms with van der Waals surface area (Å²) in [6.45, 7) is 8.96. The monoisotopic (exact) mass is 220 g/mol. The van der Waals surface area contributed by atoms with Crippen LogP contribution in [0.15, 0.2) is 23.8 Å². The molecule has 0 saturated heterocycles. The number of aliphatic hydroxyl groups is 1. The highest BCUT2D eigenvalue weighted by molar-refractivity contribution is 5.20. The Bertz CT molecular complexity index is 315. The summed E-state index contributed by atoms with van der Waals surface area (Å²) >= 11 is 0. The lowest BCUT2D eigenvalue weighted by Crippen LogP contribution is -2.30. The van der Waals surface area contributed by atoms with Crippen LogP contribution in [0.5, 0.6) is 0 Å². The van der Waals surface area contributed by atoms with Crippen molar-refractivity contribution >= 4 is 0 Å². The fourth-order valence-corrected chi connectivity index (χ4v) is 3.88. The van der Waals surface area contributed by atoms with Gasteiger partial charge in [0.05, 0.1) is 6.61 Å². The van der Waals surface area contributed by atoms with Crippen molar-refractivity contribution < 1.29 is 5.11 Å². The molecule has 1 nitrogen and oxygen atoms in total. The summed E-state index contributed by atoms with van der Waals surface area (Å²) in [6.07, 6.45) is 8.80. The van der Waals surface area contributed by atoms with E-state index in [-0.39, 0.29) is 6.61 Å². The first kappa shape index (κ1) is 11.9. The van der Waals surface area contributed by atoms with Gasteiger partial charge in [-0.3, -0.25) is 0 Å². The molecule has 1 heteroatoms. The molecule has 0 aromatic carbocycles. The lowest BCUT2D eigenvalue weighted by atomic mass is 9.65. The third kappa shape index (κ3) is 1.98. The molecule has 1 unspecified atom stereocenters. The summed E-state index contributed by atoms with van der Waals surface area (Å²) in [5.74, 6) is 1.30. The molecule has 2 aliphatic carbocycles. The fraction of sp³-hybridized carbons (Fsp3) is 0.733. The first-order valence-electron chi connectivity index (χ1n) is 6.52. The first-order valence-corrected chi connectivity index (χ1v) is 6.52. The number of allylic oxidation sites excluding steroid dienone is 2. The molecule has 0 spiro atoms. The highest BCUT2D eigenvalue weighted by Crippen LogP contribution is 2.56. The Morgan fingerprint density at radius 2 is 2.31 bits per heavy atom. The molecule has 2 saturated carbocycles. The SMILES string of the molecule is C=C1CCC[C@@]2(C)CC[C@@H](/C=C(\C)CO)C12. The van der Waals surface area contributed by atoms with Crippen molar-refractivity contribution in [3.63, 3.8) is 0 Å². The summed E-state index contributed by atoms with van der Waals surface area (Å²) < 4.78 is 0. The van der Waals surface area contributed by atoms with E-state index in [4.69, 9.17) is 5.11 Å². The van der Waals surface area contributed by atoms with Crippen molar-refractivity contribution in [2.24, 2.45) is 17.3 Å². The molecule has 0 aromatic heterocycles. The average molecular weight is 220 g/mol. The third-order valence-corrected chi connectivity index (χ3v) is 4.66. The smallest absolute Gasteiger partial charge is 0.0639 e. The standard InChI is InChI=1S/C15H24O/c1-11(10-16)9-13-6-8-15(3)7-4-5-12(2)14(13)15/h9,13-14,16H,2,4-8,10H2,1,3H3/b11-9+/t13-,14?,15-/m0/s1. The van der Waals surface area contributed by atoms with E-state index in [0.29, 0.717) is 17.3 Å². The maximum Gasteiger partial charge on any atom is 0.0639 e. The minimum atomic E-state index is 0.201. The number of rotatable bonds is 2. The van der Waals surface area contributed by atoms with Gasteiger partial charge in [-0.2, -0.15) is 0 Å². The minimum absolute atomic E-state index is 0.201. The molecule has 16 heavy (non-hydrogen) atoms.